The molecule has 1 saturated heterocycles. The number of hydrogen-bond acceptors (Lipinski definition) is 5. The van der Waals surface area contributed by atoms with Crippen molar-refractivity contribution in [3.8, 4) is 11.5 Å². The van der Waals surface area contributed by atoms with Crippen LogP contribution in [0.1, 0.15) is 30.0 Å². The first-order chi connectivity index (χ1) is 13.6. The molecule has 1 atom stereocenters. The van der Waals surface area contributed by atoms with Gasteiger partial charge in [0.25, 0.3) is 5.69 Å². The first-order valence-corrected chi connectivity index (χ1v) is 9.24. The molecule has 2 aliphatic rings. The van der Waals surface area contributed by atoms with Crippen LogP contribution >= 0.6 is 0 Å². The van der Waals surface area contributed by atoms with Gasteiger partial charge in [-0.15, -0.1) is 0 Å². The number of likely N-dealkylation sites (tertiary alicyclic amines) is 1. The number of hydrogen-bond donors (Lipinski definition) is 0. The summed E-state index contributed by atoms with van der Waals surface area (Å²) in [7, 11) is 0. The van der Waals surface area contributed by atoms with Gasteiger partial charge in [-0.1, -0.05) is 6.07 Å². The number of benzene rings is 2. The van der Waals surface area contributed by atoms with Crippen LogP contribution in [0.25, 0.3) is 6.08 Å². The molecule has 144 valence electrons. The zero-order valence-corrected chi connectivity index (χ0v) is 15.2. The molecule has 1 amide bonds. The molecule has 7 nitrogen and oxygen atoms in total. The van der Waals surface area contributed by atoms with Gasteiger partial charge in [0.05, 0.1) is 11.0 Å². The Balaban J connectivity index is 1.48. The maximum absolute atomic E-state index is 12.7. The van der Waals surface area contributed by atoms with Gasteiger partial charge < -0.3 is 14.4 Å². The molecular weight excluding hydrogens is 360 g/mol. The van der Waals surface area contributed by atoms with E-state index in [0.717, 1.165) is 35.5 Å². The minimum Gasteiger partial charge on any atom is -0.486 e. The molecule has 0 radical (unpaired) electrons. The lowest BCUT2D eigenvalue weighted by Gasteiger charge is -2.26. The molecule has 1 fully saturated rings. The van der Waals surface area contributed by atoms with Crippen LogP contribution in [-0.2, 0) is 4.79 Å². The fourth-order valence-electron chi connectivity index (χ4n) is 3.61. The summed E-state index contributed by atoms with van der Waals surface area (Å²) < 4.78 is 11.2. The topological polar surface area (TPSA) is 81.9 Å². The van der Waals surface area contributed by atoms with Gasteiger partial charge in [-0.2, -0.15) is 0 Å². The van der Waals surface area contributed by atoms with Gasteiger partial charge in [0.2, 0.25) is 5.91 Å². The first kappa shape index (κ1) is 18.0. The lowest BCUT2D eigenvalue weighted by Crippen LogP contribution is -2.29. The van der Waals surface area contributed by atoms with E-state index in [-0.39, 0.29) is 17.6 Å². The van der Waals surface area contributed by atoms with E-state index in [0.29, 0.717) is 19.8 Å². The minimum atomic E-state index is -0.444. The number of amides is 1. The Bertz CT molecular complexity index is 923. The van der Waals surface area contributed by atoms with Gasteiger partial charge >= 0.3 is 0 Å². The van der Waals surface area contributed by atoms with Crippen molar-refractivity contribution in [2.45, 2.75) is 18.9 Å². The van der Waals surface area contributed by atoms with Crippen molar-refractivity contribution >= 4 is 17.7 Å². The SMILES string of the molecule is O=C(/C=C/c1ccc([N+](=O)[O-])cc1)N1CCCC1c1ccc2c(c1)OCCO2. The molecule has 0 spiro atoms. The van der Waals surface area contributed by atoms with Crippen molar-refractivity contribution in [3.05, 3.63) is 69.8 Å². The fourth-order valence-corrected chi connectivity index (χ4v) is 3.61. The molecule has 0 aliphatic carbocycles. The van der Waals surface area contributed by atoms with Crippen molar-refractivity contribution < 1.29 is 19.2 Å². The van der Waals surface area contributed by atoms with Gasteiger partial charge in [0.1, 0.15) is 13.2 Å². The molecule has 28 heavy (non-hydrogen) atoms. The zero-order valence-electron chi connectivity index (χ0n) is 15.2. The van der Waals surface area contributed by atoms with Crippen LogP contribution in [0.2, 0.25) is 0 Å². The van der Waals surface area contributed by atoms with Crippen LogP contribution in [0.3, 0.4) is 0 Å². The molecular formula is C21H20N2O5. The summed E-state index contributed by atoms with van der Waals surface area (Å²) in [4.78, 5) is 24.9. The number of carbonyl (C=O) groups is 1. The second kappa shape index (κ2) is 7.72. The number of non-ortho nitro benzene ring substituents is 1. The maximum atomic E-state index is 12.7. The summed E-state index contributed by atoms with van der Waals surface area (Å²) in [6, 6.07) is 12.0. The quantitative estimate of drug-likeness (QED) is 0.458. The molecule has 1 unspecified atom stereocenters. The Hall–Kier alpha value is -3.35. The monoisotopic (exact) mass is 380 g/mol. The minimum absolute atomic E-state index is 0.00448. The van der Waals surface area contributed by atoms with Crippen molar-refractivity contribution in [2.24, 2.45) is 0 Å². The Labute approximate surface area is 162 Å². The number of carbonyl (C=O) groups excluding carboxylic acids is 1. The van der Waals surface area contributed by atoms with Gasteiger partial charge in [-0.05, 0) is 54.3 Å². The summed E-state index contributed by atoms with van der Waals surface area (Å²) >= 11 is 0. The Morgan fingerprint density at radius 1 is 1.11 bits per heavy atom. The van der Waals surface area contributed by atoms with Crippen molar-refractivity contribution in [3.63, 3.8) is 0 Å². The fraction of sp³-hybridized carbons (Fsp3) is 0.286. The number of nitro benzene ring substituents is 1. The van der Waals surface area contributed by atoms with Crippen LogP contribution in [0.15, 0.2) is 48.5 Å². The van der Waals surface area contributed by atoms with Gasteiger partial charge in [0.15, 0.2) is 11.5 Å². The van der Waals surface area contributed by atoms with Gasteiger partial charge in [-0.3, -0.25) is 14.9 Å². The third kappa shape index (κ3) is 3.69. The second-order valence-corrected chi connectivity index (χ2v) is 6.77. The molecule has 0 aromatic heterocycles. The zero-order chi connectivity index (χ0) is 19.5. The van der Waals surface area contributed by atoms with E-state index in [2.05, 4.69) is 0 Å². The van der Waals surface area contributed by atoms with E-state index in [1.54, 1.807) is 18.2 Å². The molecule has 0 bridgehead atoms. The molecule has 2 heterocycles. The van der Waals surface area contributed by atoms with Crippen LogP contribution in [0.5, 0.6) is 11.5 Å². The summed E-state index contributed by atoms with van der Waals surface area (Å²) in [5, 5.41) is 10.7. The second-order valence-electron chi connectivity index (χ2n) is 6.77. The van der Waals surface area contributed by atoms with E-state index in [9.17, 15) is 14.9 Å². The summed E-state index contributed by atoms with van der Waals surface area (Å²) in [5.41, 5.74) is 1.81. The highest BCUT2D eigenvalue weighted by Crippen LogP contribution is 2.38. The van der Waals surface area contributed by atoms with E-state index < -0.39 is 4.92 Å². The molecule has 2 aromatic carbocycles. The highest BCUT2D eigenvalue weighted by Gasteiger charge is 2.29. The van der Waals surface area contributed by atoms with E-state index >= 15 is 0 Å². The van der Waals surface area contributed by atoms with Crippen molar-refractivity contribution in [2.75, 3.05) is 19.8 Å². The van der Waals surface area contributed by atoms with Crippen molar-refractivity contribution in [1.82, 2.24) is 4.90 Å². The Kier molecular flexibility index (Phi) is 4.97. The largest absolute Gasteiger partial charge is 0.486 e. The lowest BCUT2D eigenvalue weighted by molar-refractivity contribution is -0.384. The van der Waals surface area contributed by atoms with Crippen molar-refractivity contribution in [1.29, 1.82) is 0 Å². The summed E-state index contributed by atoms with van der Waals surface area (Å²) in [6.07, 6.45) is 5.05. The molecule has 4 rings (SSSR count). The lowest BCUT2D eigenvalue weighted by atomic mass is 10.0. The number of fused-ring (bicyclic) bond motifs is 1. The maximum Gasteiger partial charge on any atom is 0.269 e. The van der Waals surface area contributed by atoms with Crippen LogP contribution < -0.4 is 9.47 Å². The number of rotatable bonds is 4. The van der Waals surface area contributed by atoms with E-state index in [1.807, 2.05) is 23.1 Å². The first-order valence-electron chi connectivity index (χ1n) is 9.24. The molecule has 7 heteroatoms. The van der Waals surface area contributed by atoms with Crippen LogP contribution in [0.4, 0.5) is 5.69 Å². The normalized spacial score (nSPS) is 18.4. The van der Waals surface area contributed by atoms with Crippen LogP contribution in [0, 0.1) is 10.1 Å². The van der Waals surface area contributed by atoms with E-state index in [1.165, 1.54) is 18.2 Å². The predicted molar refractivity (Wildman–Crippen MR) is 103 cm³/mol. The standard InChI is InChI=1S/C21H20N2O5/c24-21(10-5-15-3-7-17(8-4-15)23(25)26)22-11-1-2-18(22)16-6-9-19-20(14-16)28-13-12-27-19/h3-10,14,18H,1-2,11-13H2/b10-5+. The Morgan fingerprint density at radius 3 is 2.61 bits per heavy atom. The van der Waals surface area contributed by atoms with E-state index in [4.69, 9.17) is 9.47 Å². The highest BCUT2D eigenvalue weighted by atomic mass is 16.6. The van der Waals surface area contributed by atoms with Gasteiger partial charge in [-0.25, -0.2) is 0 Å². The molecule has 0 N–H and O–H groups in total. The molecule has 0 saturated carbocycles. The third-order valence-corrected chi connectivity index (χ3v) is 5.01. The number of ether oxygens (including phenoxy) is 2. The van der Waals surface area contributed by atoms with Gasteiger partial charge in [0, 0.05) is 24.8 Å². The highest BCUT2D eigenvalue weighted by molar-refractivity contribution is 5.92. The third-order valence-electron chi connectivity index (χ3n) is 5.01. The average Bonchev–Trinajstić information content (AvgIpc) is 3.22. The average molecular weight is 380 g/mol. The summed E-state index contributed by atoms with van der Waals surface area (Å²) in [5.74, 6) is 1.39. The molecule has 2 aliphatic heterocycles. The number of nitrogens with zero attached hydrogens (tertiary/aromatic N) is 2. The summed E-state index contributed by atoms with van der Waals surface area (Å²) in [6.45, 7) is 1.78. The van der Waals surface area contributed by atoms with Crippen LogP contribution in [-0.4, -0.2) is 35.5 Å². The smallest absolute Gasteiger partial charge is 0.269 e. The Morgan fingerprint density at radius 2 is 1.86 bits per heavy atom. The molecule has 2 aromatic rings. The number of nitro groups is 1. The predicted octanol–water partition coefficient (Wildman–Crippen LogP) is 3.74.